The normalized spacial score (nSPS) is 16.9. The number of esters is 1. The van der Waals surface area contributed by atoms with Gasteiger partial charge in [-0.3, -0.25) is 9.69 Å². The van der Waals surface area contributed by atoms with Crippen LogP contribution in [0.15, 0.2) is 0 Å². The maximum Gasteiger partial charge on any atom is 0.306 e. The van der Waals surface area contributed by atoms with Gasteiger partial charge in [0.25, 0.3) is 0 Å². The van der Waals surface area contributed by atoms with Crippen LogP contribution in [0.2, 0.25) is 0 Å². The number of carbonyl (C=O) groups excluding carboxylic acids is 2. The summed E-state index contributed by atoms with van der Waals surface area (Å²) in [5.41, 5.74) is 0. The van der Waals surface area contributed by atoms with E-state index >= 15 is 0 Å². The summed E-state index contributed by atoms with van der Waals surface area (Å²) in [6.45, 7) is 3.52. The molecule has 0 bridgehead atoms. The predicted molar refractivity (Wildman–Crippen MR) is 51.9 cm³/mol. The predicted octanol–water partition coefficient (Wildman–Crippen LogP) is 0.605. The summed E-state index contributed by atoms with van der Waals surface area (Å²) in [4.78, 5) is 23.2. The molecule has 1 heterocycles. The van der Waals surface area contributed by atoms with E-state index in [4.69, 9.17) is 4.74 Å². The third-order valence-corrected chi connectivity index (χ3v) is 2.34. The van der Waals surface area contributed by atoms with Gasteiger partial charge in [0.15, 0.2) is 0 Å². The molecule has 0 unspecified atom stereocenters. The average Bonchev–Trinajstić information content (AvgIpc) is 2.67. The Kier molecular flexibility index (Phi) is 5.22. The Balaban J connectivity index is 1.96. The second kappa shape index (κ2) is 6.54. The molecule has 0 N–H and O–H groups in total. The Hall–Kier alpha value is -0.900. The van der Waals surface area contributed by atoms with Crippen molar-refractivity contribution in [3.8, 4) is 0 Å². The van der Waals surface area contributed by atoms with E-state index in [-0.39, 0.29) is 18.8 Å². The zero-order chi connectivity index (χ0) is 10.2. The number of nitrogens with zero attached hydrogens (tertiary/aromatic N) is 1. The minimum Gasteiger partial charge on any atom is -0.464 e. The number of ether oxygens (including phenoxy) is 1. The van der Waals surface area contributed by atoms with E-state index in [0.29, 0.717) is 6.61 Å². The van der Waals surface area contributed by atoms with E-state index in [2.05, 4.69) is 4.90 Å². The second-order valence-electron chi connectivity index (χ2n) is 3.47. The topological polar surface area (TPSA) is 46.6 Å². The van der Waals surface area contributed by atoms with Crippen LogP contribution in [0.3, 0.4) is 0 Å². The van der Waals surface area contributed by atoms with Crippen molar-refractivity contribution in [3.05, 3.63) is 0 Å². The molecule has 1 rings (SSSR count). The van der Waals surface area contributed by atoms with E-state index in [1.165, 1.54) is 12.8 Å². The van der Waals surface area contributed by atoms with Crippen LogP contribution < -0.4 is 0 Å². The van der Waals surface area contributed by atoms with Gasteiger partial charge in [-0.05, 0) is 25.9 Å². The lowest BCUT2D eigenvalue weighted by Crippen LogP contribution is -2.25. The lowest BCUT2D eigenvalue weighted by atomic mass is 10.3. The Morgan fingerprint density at radius 1 is 1.36 bits per heavy atom. The lowest BCUT2D eigenvalue weighted by Gasteiger charge is -2.13. The Bertz CT molecular complexity index is 188. The first kappa shape index (κ1) is 11.2. The fraction of sp³-hybridized carbons (Fsp3) is 0.800. The third kappa shape index (κ3) is 4.37. The van der Waals surface area contributed by atoms with Crippen molar-refractivity contribution in [3.63, 3.8) is 0 Å². The van der Waals surface area contributed by atoms with Gasteiger partial charge >= 0.3 is 5.97 Å². The highest BCUT2D eigenvalue weighted by Crippen LogP contribution is 2.06. The van der Waals surface area contributed by atoms with E-state index in [1.54, 1.807) is 0 Å². The monoisotopic (exact) mass is 199 g/mol. The molecule has 1 saturated heterocycles. The standard InChI is InChI=1S/C10H17NO3/c12-8-3-4-10(13)14-9-7-11-5-1-2-6-11/h8H,1-7,9H2. The minimum absolute atomic E-state index is 0.212. The van der Waals surface area contributed by atoms with Crippen LogP contribution in [0.1, 0.15) is 25.7 Å². The van der Waals surface area contributed by atoms with Crippen LogP contribution in [0.4, 0.5) is 0 Å². The van der Waals surface area contributed by atoms with Gasteiger partial charge in [0.1, 0.15) is 12.9 Å². The maximum atomic E-state index is 11.0. The number of likely N-dealkylation sites (tertiary alicyclic amines) is 1. The summed E-state index contributed by atoms with van der Waals surface area (Å²) in [5.74, 6) is -0.267. The molecular weight excluding hydrogens is 182 g/mol. The van der Waals surface area contributed by atoms with Crippen LogP contribution in [0, 0.1) is 0 Å². The first-order valence-electron chi connectivity index (χ1n) is 5.14. The summed E-state index contributed by atoms with van der Waals surface area (Å²) >= 11 is 0. The molecule has 14 heavy (non-hydrogen) atoms. The fourth-order valence-corrected chi connectivity index (χ4v) is 1.54. The Morgan fingerprint density at radius 2 is 2.07 bits per heavy atom. The molecule has 0 saturated carbocycles. The van der Waals surface area contributed by atoms with Crippen LogP contribution in [0.5, 0.6) is 0 Å². The molecule has 0 spiro atoms. The second-order valence-corrected chi connectivity index (χ2v) is 3.47. The van der Waals surface area contributed by atoms with Crippen molar-refractivity contribution in [2.45, 2.75) is 25.7 Å². The summed E-state index contributed by atoms with van der Waals surface area (Å²) < 4.78 is 4.97. The maximum absolute atomic E-state index is 11.0. The molecule has 0 aromatic carbocycles. The van der Waals surface area contributed by atoms with E-state index in [9.17, 15) is 9.59 Å². The van der Waals surface area contributed by atoms with Gasteiger partial charge in [-0.25, -0.2) is 0 Å². The quantitative estimate of drug-likeness (QED) is 0.464. The molecule has 1 aliphatic rings. The SMILES string of the molecule is O=CCCC(=O)OCCN1CCCC1. The van der Waals surface area contributed by atoms with E-state index < -0.39 is 0 Å². The van der Waals surface area contributed by atoms with Gasteiger partial charge in [-0.1, -0.05) is 0 Å². The van der Waals surface area contributed by atoms with Gasteiger partial charge in [0, 0.05) is 13.0 Å². The molecule has 1 fully saturated rings. The van der Waals surface area contributed by atoms with Crippen LogP contribution in [-0.4, -0.2) is 43.4 Å². The van der Waals surface area contributed by atoms with Gasteiger partial charge in [0.2, 0.25) is 0 Å². The largest absolute Gasteiger partial charge is 0.464 e. The van der Waals surface area contributed by atoms with Crippen molar-refractivity contribution in [1.29, 1.82) is 0 Å². The lowest BCUT2D eigenvalue weighted by molar-refractivity contribution is -0.144. The van der Waals surface area contributed by atoms with Crippen LogP contribution in [0.25, 0.3) is 0 Å². The van der Waals surface area contributed by atoms with Crippen molar-refractivity contribution in [1.82, 2.24) is 4.90 Å². The van der Waals surface area contributed by atoms with Crippen LogP contribution >= 0.6 is 0 Å². The van der Waals surface area contributed by atoms with E-state index in [0.717, 1.165) is 25.9 Å². The molecule has 1 aliphatic heterocycles. The summed E-state index contributed by atoms with van der Waals surface area (Å²) in [7, 11) is 0. The highest BCUT2D eigenvalue weighted by atomic mass is 16.5. The van der Waals surface area contributed by atoms with Crippen molar-refractivity contribution >= 4 is 12.3 Å². The number of hydrogen-bond acceptors (Lipinski definition) is 4. The molecule has 0 aromatic heterocycles. The molecular formula is C10H17NO3. The Morgan fingerprint density at radius 3 is 2.71 bits per heavy atom. The zero-order valence-electron chi connectivity index (χ0n) is 8.41. The van der Waals surface area contributed by atoms with E-state index in [1.807, 2.05) is 0 Å². The molecule has 4 nitrogen and oxygen atoms in total. The summed E-state index contributed by atoms with van der Waals surface area (Å²) in [5, 5.41) is 0. The number of hydrogen-bond donors (Lipinski definition) is 0. The first-order chi connectivity index (χ1) is 6.83. The van der Waals surface area contributed by atoms with Gasteiger partial charge in [-0.2, -0.15) is 0 Å². The summed E-state index contributed by atoms with van der Waals surface area (Å²) in [6, 6.07) is 0. The number of rotatable bonds is 6. The average molecular weight is 199 g/mol. The van der Waals surface area contributed by atoms with Gasteiger partial charge in [-0.15, -0.1) is 0 Å². The number of carbonyl (C=O) groups is 2. The van der Waals surface area contributed by atoms with Crippen molar-refractivity contribution in [2.75, 3.05) is 26.2 Å². The molecule has 0 amide bonds. The molecule has 0 aromatic rings. The highest BCUT2D eigenvalue weighted by Gasteiger charge is 2.11. The third-order valence-electron chi connectivity index (χ3n) is 2.34. The molecule has 0 radical (unpaired) electrons. The minimum atomic E-state index is -0.267. The van der Waals surface area contributed by atoms with Gasteiger partial charge in [0.05, 0.1) is 6.42 Å². The highest BCUT2D eigenvalue weighted by molar-refractivity contribution is 5.72. The molecule has 4 heteroatoms. The Labute approximate surface area is 84.2 Å². The molecule has 80 valence electrons. The smallest absolute Gasteiger partial charge is 0.306 e. The van der Waals surface area contributed by atoms with Crippen molar-refractivity contribution < 1.29 is 14.3 Å². The van der Waals surface area contributed by atoms with Crippen LogP contribution in [-0.2, 0) is 14.3 Å². The zero-order valence-corrected chi connectivity index (χ0v) is 8.41. The first-order valence-corrected chi connectivity index (χ1v) is 5.14. The molecule has 0 atom stereocenters. The van der Waals surface area contributed by atoms with Gasteiger partial charge < -0.3 is 9.53 Å². The van der Waals surface area contributed by atoms with Crippen molar-refractivity contribution in [2.24, 2.45) is 0 Å². The number of aldehydes is 1. The fourth-order valence-electron chi connectivity index (χ4n) is 1.54. The molecule has 0 aliphatic carbocycles. The summed E-state index contributed by atoms with van der Waals surface area (Å²) in [6.07, 6.45) is 3.71.